The molecule has 0 rings (SSSR count). The molecule has 3 heteroatoms. The molecule has 7 heavy (non-hydrogen) atoms. The van der Waals surface area contributed by atoms with Gasteiger partial charge in [-0.2, -0.15) is 0 Å². The summed E-state index contributed by atoms with van der Waals surface area (Å²) in [5.41, 5.74) is 0. The molecule has 38 valence electrons. The summed E-state index contributed by atoms with van der Waals surface area (Å²) in [5, 5.41) is 15.5. The van der Waals surface area contributed by atoms with Crippen LogP contribution in [0.25, 0.3) is 0 Å². The van der Waals surface area contributed by atoms with Crippen LogP contribution in [-0.2, 0) is 4.79 Å². The lowest BCUT2D eigenvalue weighted by Crippen LogP contribution is -1.84. The molecule has 0 fully saturated rings. The first-order valence-corrected chi connectivity index (χ1v) is 1.56. The highest BCUT2D eigenvalue weighted by atomic mass is 16.4. The second kappa shape index (κ2) is 3.36. The molecule has 2 N–H and O–H groups in total. The number of carboxylic acid groups (broad SMARTS) is 1. The van der Waals surface area contributed by atoms with Crippen LogP contribution < -0.4 is 0 Å². The van der Waals surface area contributed by atoms with Gasteiger partial charge in [-0.3, -0.25) is 0 Å². The smallest absolute Gasteiger partial charge is 0.328 e. The molecule has 0 aromatic rings. The van der Waals surface area contributed by atoms with Crippen molar-refractivity contribution < 1.29 is 15.0 Å². The number of hydrogen-bond acceptors (Lipinski definition) is 2. The minimum atomic E-state index is -1.10. The minimum absolute atomic E-state index is 0.778. The number of aliphatic carboxylic acids is 1. The van der Waals surface area contributed by atoms with Crippen molar-refractivity contribution in [3.8, 4) is 0 Å². The zero-order chi connectivity index (χ0) is 5.70. The summed E-state index contributed by atoms with van der Waals surface area (Å²) in [6.07, 6.45) is 1.68. The fourth-order valence-electron chi connectivity index (χ4n) is 0.109. The molecule has 0 atom stereocenters. The molecule has 0 heterocycles. The highest BCUT2D eigenvalue weighted by molar-refractivity contribution is 5.79. The van der Waals surface area contributed by atoms with E-state index in [1.165, 1.54) is 6.61 Å². The third-order valence-corrected chi connectivity index (χ3v) is 0.300. The number of carbonyl (C=O) groups is 1. The molecular weight excluding hydrogens is 96.0 g/mol. The largest absolute Gasteiger partial charge is 0.478 e. The van der Waals surface area contributed by atoms with Crippen LogP contribution in [0.15, 0.2) is 12.2 Å². The first-order chi connectivity index (χ1) is 3.27. The average molecular weight is 100 g/mol. The van der Waals surface area contributed by atoms with Crippen molar-refractivity contribution in [2.75, 3.05) is 0 Å². The van der Waals surface area contributed by atoms with E-state index in [-0.39, 0.29) is 0 Å². The first kappa shape index (κ1) is 6.17. The highest BCUT2D eigenvalue weighted by Gasteiger charge is 1.80. The molecule has 0 aliphatic rings. The average Bonchev–Trinajstić information content (AvgIpc) is 1.61. The van der Waals surface area contributed by atoms with Crippen LogP contribution in [0.4, 0.5) is 0 Å². The van der Waals surface area contributed by atoms with Crippen molar-refractivity contribution in [1.82, 2.24) is 0 Å². The van der Waals surface area contributed by atoms with E-state index in [0.29, 0.717) is 0 Å². The summed E-state index contributed by atoms with van der Waals surface area (Å²) in [7, 11) is 0. The monoisotopic (exact) mass is 100 g/mol. The van der Waals surface area contributed by atoms with Gasteiger partial charge in [0.1, 0.15) is 0 Å². The van der Waals surface area contributed by atoms with E-state index in [2.05, 4.69) is 0 Å². The summed E-state index contributed by atoms with van der Waals surface area (Å²) in [4.78, 5) is 9.52. The van der Waals surface area contributed by atoms with E-state index in [0.717, 1.165) is 12.2 Å². The van der Waals surface area contributed by atoms with E-state index in [9.17, 15) is 4.79 Å². The van der Waals surface area contributed by atoms with Gasteiger partial charge in [0, 0.05) is 6.08 Å². The number of aliphatic hydroxyl groups is 1. The maximum absolute atomic E-state index is 9.52. The van der Waals surface area contributed by atoms with Crippen LogP contribution in [0.3, 0.4) is 0 Å². The molecule has 0 aromatic carbocycles. The lowest BCUT2D eigenvalue weighted by Gasteiger charge is -1.72. The van der Waals surface area contributed by atoms with Gasteiger partial charge in [0.25, 0.3) is 0 Å². The Morgan fingerprint density at radius 1 is 1.71 bits per heavy atom. The lowest BCUT2D eigenvalue weighted by atomic mass is 10.5. The molecule has 0 unspecified atom stereocenters. The van der Waals surface area contributed by atoms with Gasteiger partial charge in [-0.1, -0.05) is 0 Å². The van der Waals surface area contributed by atoms with E-state index in [1.807, 2.05) is 0 Å². The number of hydrogen-bond donors (Lipinski definition) is 2. The molecule has 3 nitrogen and oxygen atoms in total. The molecule has 0 aliphatic heterocycles. The summed E-state index contributed by atoms with van der Waals surface area (Å²) in [5.74, 6) is -1.10. The Balaban J connectivity index is 3.26. The van der Waals surface area contributed by atoms with Crippen LogP contribution in [0, 0.1) is 6.61 Å². The molecule has 0 aliphatic carbocycles. The maximum Gasteiger partial charge on any atom is 0.328 e. The molecule has 0 aromatic heterocycles. The minimum Gasteiger partial charge on any atom is -0.478 e. The Labute approximate surface area is 40.9 Å². The Kier molecular flexibility index (Phi) is 2.96. The van der Waals surface area contributed by atoms with Gasteiger partial charge < -0.3 is 10.2 Å². The van der Waals surface area contributed by atoms with Gasteiger partial charge in [-0.15, -0.1) is 0 Å². The zero-order valence-corrected chi connectivity index (χ0v) is 3.46. The van der Waals surface area contributed by atoms with Crippen LogP contribution in [0.5, 0.6) is 0 Å². The van der Waals surface area contributed by atoms with Crippen LogP contribution >= 0.6 is 0 Å². The Bertz CT molecular complexity index is 84.9. The molecular formula is C4H4O3. The van der Waals surface area contributed by atoms with E-state index in [1.54, 1.807) is 0 Å². The topological polar surface area (TPSA) is 57.5 Å². The second-order valence-electron chi connectivity index (χ2n) is 0.801. The zero-order valence-electron chi connectivity index (χ0n) is 3.46. The lowest BCUT2D eigenvalue weighted by molar-refractivity contribution is -0.131. The van der Waals surface area contributed by atoms with Gasteiger partial charge in [0.2, 0.25) is 0 Å². The number of rotatable bonds is 2. The Morgan fingerprint density at radius 2 is 2.29 bits per heavy atom. The van der Waals surface area contributed by atoms with Crippen molar-refractivity contribution in [3.63, 3.8) is 0 Å². The molecule has 0 spiro atoms. The van der Waals surface area contributed by atoms with Crippen molar-refractivity contribution >= 4 is 5.97 Å². The number of aliphatic hydroxyl groups excluding tert-OH is 1. The SMILES string of the molecule is O=C(O)C=C[C]O. The second-order valence-corrected chi connectivity index (χ2v) is 0.801. The number of carboxylic acids is 1. The van der Waals surface area contributed by atoms with Crippen LogP contribution in [-0.4, -0.2) is 16.2 Å². The third kappa shape index (κ3) is 5.17. The van der Waals surface area contributed by atoms with Crippen LogP contribution in [0.2, 0.25) is 0 Å². The summed E-state index contributed by atoms with van der Waals surface area (Å²) in [6.45, 7) is 1.54. The highest BCUT2D eigenvalue weighted by Crippen LogP contribution is 1.72. The van der Waals surface area contributed by atoms with Gasteiger partial charge in [-0.05, 0) is 6.08 Å². The molecule has 0 amide bonds. The predicted octanol–water partition coefficient (Wildman–Crippen LogP) is 0.0385. The fraction of sp³-hybridized carbons (Fsp3) is 0. The standard InChI is InChI=1S/C4H4O3/c5-3-1-2-4(6)7/h1-2,5H,(H,6,7). The molecule has 0 saturated heterocycles. The first-order valence-electron chi connectivity index (χ1n) is 1.56. The van der Waals surface area contributed by atoms with Crippen molar-refractivity contribution in [2.45, 2.75) is 0 Å². The maximum atomic E-state index is 9.52. The van der Waals surface area contributed by atoms with Crippen molar-refractivity contribution in [3.05, 3.63) is 18.8 Å². The van der Waals surface area contributed by atoms with E-state index >= 15 is 0 Å². The van der Waals surface area contributed by atoms with Crippen molar-refractivity contribution in [1.29, 1.82) is 0 Å². The molecule has 0 saturated carbocycles. The Morgan fingerprint density at radius 3 is 2.43 bits per heavy atom. The van der Waals surface area contributed by atoms with E-state index < -0.39 is 5.97 Å². The van der Waals surface area contributed by atoms with Gasteiger partial charge in [0.05, 0.1) is 0 Å². The summed E-state index contributed by atoms with van der Waals surface area (Å²) < 4.78 is 0. The van der Waals surface area contributed by atoms with Gasteiger partial charge in [0.15, 0.2) is 6.61 Å². The van der Waals surface area contributed by atoms with E-state index in [4.69, 9.17) is 10.2 Å². The van der Waals surface area contributed by atoms with Crippen LogP contribution in [0.1, 0.15) is 0 Å². The van der Waals surface area contributed by atoms with Crippen molar-refractivity contribution in [2.24, 2.45) is 0 Å². The molecule has 0 bridgehead atoms. The summed E-state index contributed by atoms with van der Waals surface area (Å²) >= 11 is 0. The van der Waals surface area contributed by atoms with Gasteiger partial charge >= 0.3 is 5.97 Å². The normalized spacial score (nSPS) is 9.86. The third-order valence-electron chi connectivity index (χ3n) is 0.300. The summed E-state index contributed by atoms with van der Waals surface area (Å²) in [6, 6.07) is 0. The molecule has 2 radical (unpaired) electrons. The predicted molar refractivity (Wildman–Crippen MR) is 22.0 cm³/mol. The quantitative estimate of drug-likeness (QED) is 0.481. The Hall–Kier alpha value is -0.830. The van der Waals surface area contributed by atoms with Gasteiger partial charge in [-0.25, -0.2) is 4.79 Å². The fourth-order valence-corrected chi connectivity index (χ4v) is 0.109.